The second kappa shape index (κ2) is 4.23. The van der Waals surface area contributed by atoms with E-state index < -0.39 is 11.6 Å². The van der Waals surface area contributed by atoms with Gasteiger partial charge in [0.15, 0.2) is 0 Å². The number of allylic oxidation sites excluding steroid dienone is 2. The standard InChI is InChI=1S/C17H13F3/c1-12-7-9-14(10-8-12)16(17(18,19)20)11-15(16)13-5-3-2-4-6-13/h2-11H,1H3. The summed E-state index contributed by atoms with van der Waals surface area (Å²) in [5.41, 5.74) is 0.296. The van der Waals surface area contributed by atoms with E-state index in [0.717, 1.165) is 5.56 Å². The van der Waals surface area contributed by atoms with Crippen LogP contribution in [-0.4, -0.2) is 6.18 Å². The molecule has 0 bridgehead atoms. The van der Waals surface area contributed by atoms with Gasteiger partial charge >= 0.3 is 6.18 Å². The lowest BCUT2D eigenvalue weighted by Crippen LogP contribution is -2.31. The maximum atomic E-state index is 13.6. The zero-order valence-corrected chi connectivity index (χ0v) is 10.9. The van der Waals surface area contributed by atoms with Gasteiger partial charge in [0.25, 0.3) is 0 Å². The maximum absolute atomic E-state index is 13.6. The van der Waals surface area contributed by atoms with Crippen molar-refractivity contribution in [2.75, 3.05) is 0 Å². The van der Waals surface area contributed by atoms with Crippen molar-refractivity contribution in [3.63, 3.8) is 0 Å². The molecule has 2 aromatic rings. The van der Waals surface area contributed by atoms with Gasteiger partial charge in [0, 0.05) is 0 Å². The van der Waals surface area contributed by atoms with Crippen molar-refractivity contribution in [2.24, 2.45) is 0 Å². The Morgan fingerprint density at radius 2 is 1.45 bits per heavy atom. The lowest BCUT2D eigenvalue weighted by molar-refractivity contribution is -0.151. The monoisotopic (exact) mass is 274 g/mol. The van der Waals surface area contributed by atoms with Crippen LogP contribution in [0.15, 0.2) is 60.7 Å². The van der Waals surface area contributed by atoms with Gasteiger partial charge in [-0.15, -0.1) is 0 Å². The number of hydrogen-bond donors (Lipinski definition) is 0. The van der Waals surface area contributed by atoms with E-state index in [2.05, 4.69) is 0 Å². The number of halogens is 3. The van der Waals surface area contributed by atoms with Gasteiger partial charge < -0.3 is 0 Å². The molecule has 0 aliphatic heterocycles. The van der Waals surface area contributed by atoms with E-state index in [1.807, 2.05) is 6.92 Å². The predicted molar refractivity (Wildman–Crippen MR) is 73.3 cm³/mol. The first-order chi connectivity index (χ1) is 9.45. The molecular formula is C17H13F3. The Bertz CT molecular complexity index is 651. The Hall–Kier alpha value is -2.03. The highest BCUT2D eigenvalue weighted by Crippen LogP contribution is 2.61. The molecule has 0 amide bonds. The topological polar surface area (TPSA) is 0 Å². The van der Waals surface area contributed by atoms with Gasteiger partial charge in [0.1, 0.15) is 5.41 Å². The van der Waals surface area contributed by atoms with Crippen molar-refractivity contribution >= 4 is 5.57 Å². The van der Waals surface area contributed by atoms with E-state index in [1.165, 1.54) is 6.08 Å². The van der Waals surface area contributed by atoms with Crippen LogP contribution in [0.1, 0.15) is 16.7 Å². The normalized spacial score (nSPS) is 21.5. The fourth-order valence-electron chi connectivity index (χ4n) is 2.56. The smallest absolute Gasteiger partial charge is 0.169 e. The molecule has 20 heavy (non-hydrogen) atoms. The maximum Gasteiger partial charge on any atom is 0.405 e. The van der Waals surface area contributed by atoms with E-state index in [1.54, 1.807) is 54.6 Å². The van der Waals surface area contributed by atoms with Crippen molar-refractivity contribution in [2.45, 2.75) is 18.5 Å². The van der Waals surface area contributed by atoms with Gasteiger partial charge in [-0.05, 0) is 23.6 Å². The SMILES string of the molecule is Cc1ccc(C2(C(F)(F)F)C=C2c2ccccc2)cc1. The molecule has 2 aromatic carbocycles. The van der Waals surface area contributed by atoms with Crippen LogP contribution in [0, 0.1) is 6.92 Å². The molecular weight excluding hydrogens is 261 g/mol. The fourth-order valence-corrected chi connectivity index (χ4v) is 2.56. The summed E-state index contributed by atoms with van der Waals surface area (Å²) in [4.78, 5) is 0. The molecule has 1 atom stereocenters. The Morgan fingerprint density at radius 3 is 2.00 bits per heavy atom. The Balaban J connectivity index is 2.05. The fraction of sp³-hybridized carbons (Fsp3) is 0.176. The van der Waals surface area contributed by atoms with Crippen molar-refractivity contribution in [3.05, 3.63) is 77.4 Å². The predicted octanol–water partition coefficient (Wildman–Crippen LogP) is 4.89. The molecule has 0 saturated heterocycles. The quantitative estimate of drug-likeness (QED) is 0.731. The first kappa shape index (κ1) is 13.0. The highest BCUT2D eigenvalue weighted by atomic mass is 19.4. The summed E-state index contributed by atoms with van der Waals surface area (Å²) >= 11 is 0. The van der Waals surface area contributed by atoms with Crippen molar-refractivity contribution < 1.29 is 13.2 Å². The van der Waals surface area contributed by atoms with Crippen LogP contribution in [0.25, 0.3) is 5.57 Å². The van der Waals surface area contributed by atoms with Gasteiger partial charge in [0.05, 0.1) is 0 Å². The van der Waals surface area contributed by atoms with Crippen LogP contribution >= 0.6 is 0 Å². The third-order valence-electron chi connectivity index (χ3n) is 3.74. The molecule has 0 heterocycles. The summed E-state index contributed by atoms with van der Waals surface area (Å²) < 4.78 is 40.7. The van der Waals surface area contributed by atoms with Gasteiger partial charge in [0.2, 0.25) is 0 Å². The van der Waals surface area contributed by atoms with Crippen molar-refractivity contribution in [1.82, 2.24) is 0 Å². The van der Waals surface area contributed by atoms with Crippen LogP contribution in [0.3, 0.4) is 0 Å². The minimum atomic E-state index is -4.31. The molecule has 1 aliphatic rings. The molecule has 0 nitrogen and oxygen atoms in total. The summed E-state index contributed by atoms with van der Waals surface area (Å²) in [5, 5.41) is 0. The third-order valence-corrected chi connectivity index (χ3v) is 3.74. The van der Waals surface area contributed by atoms with Crippen LogP contribution in [0.4, 0.5) is 13.2 Å². The molecule has 0 fully saturated rings. The second-order valence-electron chi connectivity index (χ2n) is 5.10. The zero-order chi connectivity index (χ0) is 14.4. The van der Waals surface area contributed by atoms with Crippen LogP contribution in [-0.2, 0) is 5.41 Å². The molecule has 1 unspecified atom stereocenters. The minimum absolute atomic E-state index is 0.287. The summed E-state index contributed by atoms with van der Waals surface area (Å²) in [6.45, 7) is 1.86. The molecule has 1 aliphatic carbocycles. The van der Waals surface area contributed by atoms with Crippen LogP contribution < -0.4 is 0 Å². The molecule has 102 valence electrons. The van der Waals surface area contributed by atoms with E-state index >= 15 is 0 Å². The number of benzene rings is 2. The van der Waals surface area contributed by atoms with Gasteiger partial charge in [-0.3, -0.25) is 0 Å². The lowest BCUT2D eigenvalue weighted by atomic mass is 9.87. The molecule has 0 spiro atoms. The van der Waals surface area contributed by atoms with Crippen molar-refractivity contribution in [3.8, 4) is 0 Å². The van der Waals surface area contributed by atoms with E-state index in [9.17, 15) is 13.2 Å². The Labute approximate surface area is 115 Å². The zero-order valence-electron chi connectivity index (χ0n) is 10.9. The second-order valence-corrected chi connectivity index (χ2v) is 5.10. The Kier molecular flexibility index (Phi) is 2.75. The molecule has 0 radical (unpaired) electrons. The molecule has 3 heteroatoms. The third kappa shape index (κ3) is 1.85. The molecule has 3 rings (SSSR count). The number of alkyl halides is 3. The largest absolute Gasteiger partial charge is 0.405 e. The lowest BCUT2D eigenvalue weighted by Gasteiger charge is -2.23. The van der Waals surface area contributed by atoms with E-state index in [0.29, 0.717) is 11.1 Å². The van der Waals surface area contributed by atoms with Crippen LogP contribution in [0.5, 0.6) is 0 Å². The highest BCUT2D eigenvalue weighted by Gasteiger charge is 2.64. The molecule has 0 aromatic heterocycles. The van der Waals surface area contributed by atoms with Crippen molar-refractivity contribution in [1.29, 1.82) is 0 Å². The first-order valence-electron chi connectivity index (χ1n) is 6.38. The average molecular weight is 274 g/mol. The average Bonchev–Trinajstić information content (AvgIpc) is 3.17. The number of rotatable bonds is 2. The van der Waals surface area contributed by atoms with Crippen LogP contribution in [0.2, 0.25) is 0 Å². The summed E-state index contributed by atoms with van der Waals surface area (Å²) in [6, 6.07) is 15.3. The van der Waals surface area contributed by atoms with E-state index in [-0.39, 0.29) is 5.56 Å². The minimum Gasteiger partial charge on any atom is -0.169 e. The Morgan fingerprint density at radius 1 is 0.850 bits per heavy atom. The van der Waals surface area contributed by atoms with Gasteiger partial charge in [-0.1, -0.05) is 66.2 Å². The first-order valence-corrected chi connectivity index (χ1v) is 6.38. The van der Waals surface area contributed by atoms with E-state index in [4.69, 9.17) is 0 Å². The molecule has 0 N–H and O–H groups in total. The molecule has 0 saturated carbocycles. The van der Waals surface area contributed by atoms with Gasteiger partial charge in [-0.25, -0.2) is 0 Å². The number of hydrogen-bond acceptors (Lipinski definition) is 0. The van der Waals surface area contributed by atoms with Gasteiger partial charge in [-0.2, -0.15) is 13.2 Å². The summed E-state index contributed by atoms with van der Waals surface area (Å²) in [7, 11) is 0. The summed E-state index contributed by atoms with van der Waals surface area (Å²) in [5.74, 6) is 0. The summed E-state index contributed by atoms with van der Waals surface area (Å²) in [6.07, 6.45) is -3.00. The number of aryl methyl sites for hydroxylation is 1. The highest BCUT2D eigenvalue weighted by molar-refractivity contribution is 5.92.